The van der Waals surface area contributed by atoms with Gasteiger partial charge in [-0.2, -0.15) is 15.1 Å². The molecule has 0 aliphatic heterocycles. The first-order valence-electron chi connectivity index (χ1n) is 11.9. The van der Waals surface area contributed by atoms with Crippen LogP contribution in [0.1, 0.15) is 35.3 Å². The third-order valence-electron chi connectivity index (χ3n) is 5.47. The van der Waals surface area contributed by atoms with Crippen molar-refractivity contribution in [1.82, 2.24) is 29.3 Å². The monoisotopic (exact) mass is 512 g/mol. The minimum absolute atomic E-state index is 0.211. The molecule has 0 bridgehead atoms. The Labute approximate surface area is 217 Å². The molecule has 3 heterocycles. The molecule has 0 unspecified atom stereocenters. The van der Waals surface area contributed by atoms with Crippen molar-refractivity contribution < 1.29 is 23.8 Å². The zero-order valence-electron chi connectivity index (χ0n) is 20.8. The third kappa shape index (κ3) is 5.51. The number of fused-ring (bicyclic) bond motifs is 1. The summed E-state index contributed by atoms with van der Waals surface area (Å²) in [5.41, 5.74) is 3.20. The van der Waals surface area contributed by atoms with Crippen LogP contribution in [0.15, 0.2) is 73.3 Å². The van der Waals surface area contributed by atoms with E-state index in [0.29, 0.717) is 23.5 Å². The van der Waals surface area contributed by atoms with E-state index in [9.17, 15) is 9.59 Å². The molecule has 0 saturated carbocycles. The molecular formula is C27H24N6O5. The van der Waals surface area contributed by atoms with E-state index < -0.39 is 5.97 Å². The molecule has 2 aromatic carbocycles. The van der Waals surface area contributed by atoms with Crippen molar-refractivity contribution in [3.63, 3.8) is 0 Å². The van der Waals surface area contributed by atoms with Crippen LogP contribution in [0.5, 0.6) is 11.6 Å². The number of esters is 2. The predicted octanol–water partition coefficient (Wildman–Crippen LogP) is 3.74. The van der Waals surface area contributed by atoms with Gasteiger partial charge in [0.1, 0.15) is 12.4 Å². The Morgan fingerprint density at radius 2 is 1.76 bits per heavy atom. The van der Waals surface area contributed by atoms with Crippen LogP contribution in [0.25, 0.3) is 17.1 Å². The van der Waals surface area contributed by atoms with Crippen LogP contribution in [-0.4, -0.2) is 47.8 Å². The molecule has 0 atom stereocenters. The summed E-state index contributed by atoms with van der Waals surface area (Å²) in [6.07, 6.45) is 4.57. The first-order chi connectivity index (χ1) is 18.5. The van der Waals surface area contributed by atoms with Crippen molar-refractivity contribution >= 4 is 23.1 Å². The molecule has 0 amide bonds. The summed E-state index contributed by atoms with van der Waals surface area (Å²) in [4.78, 5) is 37.1. The first-order valence-corrected chi connectivity index (χ1v) is 11.9. The maximum atomic E-state index is 12.1. The van der Waals surface area contributed by atoms with Crippen LogP contribution in [0.2, 0.25) is 0 Å². The second-order valence-corrected chi connectivity index (χ2v) is 8.28. The van der Waals surface area contributed by atoms with Crippen molar-refractivity contribution in [2.45, 2.75) is 27.0 Å². The van der Waals surface area contributed by atoms with E-state index in [0.717, 1.165) is 11.1 Å². The largest absolute Gasteiger partial charge is 0.471 e. The maximum Gasteiger partial charge on any atom is 0.341 e. The van der Waals surface area contributed by atoms with E-state index >= 15 is 0 Å². The molecule has 38 heavy (non-hydrogen) atoms. The highest BCUT2D eigenvalue weighted by atomic mass is 16.5. The smallest absolute Gasteiger partial charge is 0.341 e. The number of carbonyl (C=O) groups is 2. The van der Waals surface area contributed by atoms with Crippen molar-refractivity contribution in [3.8, 4) is 17.6 Å². The number of aromatic nitrogens is 6. The van der Waals surface area contributed by atoms with Crippen LogP contribution in [-0.2, 0) is 22.7 Å². The van der Waals surface area contributed by atoms with Gasteiger partial charge in [-0.25, -0.2) is 14.5 Å². The van der Waals surface area contributed by atoms with Crippen molar-refractivity contribution in [2.24, 2.45) is 0 Å². The second kappa shape index (κ2) is 10.9. The highest BCUT2D eigenvalue weighted by Crippen LogP contribution is 2.25. The number of carbonyl (C=O) groups excluding carboxylic acids is 2. The molecule has 192 valence electrons. The lowest BCUT2D eigenvalue weighted by Gasteiger charge is -2.10. The summed E-state index contributed by atoms with van der Waals surface area (Å²) in [5.74, 6) is 0.0982. The van der Waals surface area contributed by atoms with Gasteiger partial charge in [0.25, 0.3) is 5.95 Å². The number of imidazole rings is 1. The molecule has 0 radical (unpaired) electrons. The van der Waals surface area contributed by atoms with Gasteiger partial charge in [0.05, 0.1) is 31.2 Å². The van der Waals surface area contributed by atoms with E-state index in [1.54, 1.807) is 25.4 Å². The molecule has 0 aliphatic carbocycles. The minimum atomic E-state index is -0.484. The van der Waals surface area contributed by atoms with Crippen LogP contribution in [0.3, 0.4) is 0 Å². The molecule has 5 aromatic rings. The lowest BCUT2D eigenvalue weighted by atomic mass is 10.2. The van der Waals surface area contributed by atoms with Crippen molar-refractivity contribution in [1.29, 1.82) is 0 Å². The Bertz CT molecular complexity index is 1580. The van der Waals surface area contributed by atoms with Gasteiger partial charge in [-0.05, 0) is 30.2 Å². The fourth-order valence-corrected chi connectivity index (χ4v) is 3.73. The van der Waals surface area contributed by atoms with Crippen LogP contribution in [0.4, 0.5) is 0 Å². The van der Waals surface area contributed by atoms with Gasteiger partial charge in [0.15, 0.2) is 11.2 Å². The van der Waals surface area contributed by atoms with Crippen LogP contribution < -0.4 is 9.47 Å². The summed E-state index contributed by atoms with van der Waals surface area (Å²) in [6.45, 7) is 4.07. The normalized spacial score (nSPS) is 10.9. The van der Waals surface area contributed by atoms with Crippen molar-refractivity contribution in [3.05, 3.63) is 90.0 Å². The Balaban J connectivity index is 1.50. The molecular weight excluding hydrogens is 488 g/mol. The fourth-order valence-electron chi connectivity index (χ4n) is 3.73. The fraction of sp³-hybridized carbons (Fsp3) is 0.185. The summed E-state index contributed by atoms with van der Waals surface area (Å²) < 4.78 is 19.5. The van der Waals surface area contributed by atoms with E-state index in [-0.39, 0.29) is 36.6 Å². The quantitative estimate of drug-likeness (QED) is 0.215. The zero-order valence-corrected chi connectivity index (χ0v) is 20.8. The van der Waals surface area contributed by atoms with Gasteiger partial charge in [-0.3, -0.25) is 4.79 Å². The number of hydrogen-bond acceptors (Lipinski definition) is 9. The molecule has 0 aliphatic rings. The van der Waals surface area contributed by atoms with Crippen molar-refractivity contribution in [2.75, 3.05) is 6.61 Å². The van der Waals surface area contributed by atoms with Gasteiger partial charge >= 0.3 is 11.9 Å². The average Bonchev–Trinajstić information content (AvgIpc) is 3.57. The molecule has 3 aromatic heterocycles. The third-order valence-corrected chi connectivity index (χ3v) is 5.47. The van der Waals surface area contributed by atoms with E-state index in [1.807, 2.05) is 47.0 Å². The van der Waals surface area contributed by atoms with Gasteiger partial charge in [-0.1, -0.05) is 42.5 Å². The number of nitrogens with zero attached hydrogens (tertiary/aromatic N) is 6. The highest BCUT2D eigenvalue weighted by molar-refractivity contribution is 5.88. The Hall–Kier alpha value is -5.06. The highest BCUT2D eigenvalue weighted by Gasteiger charge is 2.18. The number of benzene rings is 2. The molecule has 0 fully saturated rings. The lowest BCUT2D eigenvalue weighted by Crippen LogP contribution is -2.08. The molecule has 0 spiro atoms. The van der Waals surface area contributed by atoms with Crippen LogP contribution in [0, 0.1) is 0 Å². The van der Waals surface area contributed by atoms with E-state index in [4.69, 9.17) is 14.2 Å². The first kappa shape index (κ1) is 24.6. The molecule has 11 heteroatoms. The topological polar surface area (TPSA) is 123 Å². The summed E-state index contributed by atoms with van der Waals surface area (Å²) >= 11 is 0. The molecule has 11 nitrogen and oxygen atoms in total. The van der Waals surface area contributed by atoms with Gasteiger partial charge in [0, 0.05) is 13.1 Å². The Kier molecular flexibility index (Phi) is 7.07. The van der Waals surface area contributed by atoms with E-state index in [2.05, 4.69) is 20.1 Å². The van der Waals surface area contributed by atoms with E-state index in [1.165, 1.54) is 24.0 Å². The Morgan fingerprint density at radius 3 is 2.50 bits per heavy atom. The number of hydrogen-bond donors (Lipinski definition) is 0. The SMILES string of the molecule is CCOC(=O)c1cnn(-c2nc(OCc3ccccc3)c3ncn(Cc4ccc(OC(C)=O)cc4)c3n2)c1. The zero-order chi connectivity index (χ0) is 26.5. The van der Waals surface area contributed by atoms with Crippen LogP contribution >= 0.6 is 0 Å². The van der Waals surface area contributed by atoms with Gasteiger partial charge in [-0.15, -0.1) is 0 Å². The molecule has 5 rings (SSSR count). The van der Waals surface area contributed by atoms with Gasteiger partial charge in [0.2, 0.25) is 5.88 Å². The standard InChI is InChI=1S/C27H24N6O5/c1-3-36-26(35)21-13-29-33(15-21)27-30-24-23(25(31-27)37-16-20-7-5-4-6-8-20)28-17-32(24)14-19-9-11-22(12-10-19)38-18(2)34/h4-13,15,17H,3,14,16H2,1-2H3. The molecule has 0 saturated heterocycles. The summed E-state index contributed by atoms with van der Waals surface area (Å²) in [5, 5.41) is 4.25. The lowest BCUT2D eigenvalue weighted by molar-refractivity contribution is -0.131. The number of rotatable bonds is 9. The predicted molar refractivity (Wildman–Crippen MR) is 136 cm³/mol. The Morgan fingerprint density at radius 1 is 0.974 bits per heavy atom. The van der Waals surface area contributed by atoms with Gasteiger partial charge < -0.3 is 18.8 Å². The summed E-state index contributed by atoms with van der Waals surface area (Å²) in [7, 11) is 0. The number of ether oxygens (including phenoxy) is 3. The average molecular weight is 513 g/mol. The molecule has 0 N–H and O–H groups in total. The second-order valence-electron chi connectivity index (χ2n) is 8.28. The summed E-state index contributed by atoms with van der Waals surface area (Å²) in [6, 6.07) is 16.9. The minimum Gasteiger partial charge on any atom is -0.471 e. The maximum absolute atomic E-state index is 12.1.